The number of hydrogen-bond donors (Lipinski definition) is 2. The lowest BCUT2D eigenvalue weighted by Gasteiger charge is -1.98. The van der Waals surface area contributed by atoms with Gasteiger partial charge in [-0.15, -0.1) is 0 Å². The standard InChI is InChI=1S/C19H11N3O2S/c23-18(24)11-7-8-13-15(9-11)25-19(21-13)22-17-12-5-1-3-10-4-2-6-14(20-17)16(10)12/h1-9H,(H,23,24)(H,20,21,22). The van der Waals surface area contributed by atoms with Gasteiger partial charge in [0.2, 0.25) is 5.13 Å². The van der Waals surface area contributed by atoms with Crippen LogP contribution in [-0.2, 0) is 0 Å². The number of anilines is 1. The fourth-order valence-electron chi connectivity index (χ4n) is 3.11. The molecule has 0 aliphatic carbocycles. The first-order valence-corrected chi connectivity index (χ1v) is 8.52. The lowest BCUT2D eigenvalue weighted by molar-refractivity contribution is 0.0697. The van der Waals surface area contributed by atoms with Crippen molar-refractivity contribution < 1.29 is 9.90 Å². The number of fused-ring (bicyclic) bond motifs is 1. The van der Waals surface area contributed by atoms with Crippen molar-refractivity contribution >= 4 is 54.9 Å². The molecule has 3 aromatic carbocycles. The number of thiazole rings is 1. The van der Waals surface area contributed by atoms with E-state index in [0.29, 0.717) is 5.13 Å². The molecule has 4 aromatic rings. The second-order valence-corrected chi connectivity index (χ2v) is 6.79. The second kappa shape index (κ2) is 5.12. The van der Waals surface area contributed by atoms with Crippen molar-refractivity contribution in [2.24, 2.45) is 4.99 Å². The number of hydrogen-bond acceptors (Lipinski definition) is 4. The minimum Gasteiger partial charge on any atom is -0.478 e. The Morgan fingerprint density at radius 3 is 2.80 bits per heavy atom. The van der Waals surface area contributed by atoms with E-state index in [-0.39, 0.29) is 5.56 Å². The maximum atomic E-state index is 11.1. The largest absolute Gasteiger partial charge is 0.478 e. The van der Waals surface area contributed by atoms with E-state index in [1.807, 2.05) is 24.3 Å². The number of rotatable bonds is 2. The predicted molar refractivity (Wildman–Crippen MR) is 100 cm³/mol. The molecule has 0 amide bonds. The summed E-state index contributed by atoms with van der Waals surface area (Å²) in [5, 5.41) is 15.4. The number of aromatic carboxylic acids is 1. The minimum atomic E-state index is -0.942. The van der Waals surface area contributed by atoms with E-state index >= 15 is 0 Å². The molecule has 1 aliphatic heterocycles. The summed E-state index contributed by atoms with van der Waals surface area (Å²) < 4.78 is 0.813. The number of aromatic nitrogens is 1. The molecule has 25 heavy (non-hydrogen) atoms. The number of nitrogens with zero attached hydrogens (tertiary/aromatic N) is 2. The molecule has 5 nitrogen and oxygen atoms in total. The van der Waals surface area contributed by atoms with Gasteiger partial charge in [0.1, 0.15) is 5.84 Å². The Balaban J connectivity index is 1.63. The van der Waals surface area contributed by atoms with Crippen molar-refractivity contribution in [1.29, 1.82) is 0 Å². The van der Waals surface area contributed by atoms with Gasteiger partial charge in [0.05, 0.1) is 15.8 Å². The smallest absolute Gasteiger partial charge is 0.335 e. The van der Waals surface area contributed by atoms with Crippen molar-refractivity contribution in [1.82, 2.24) is 4.98 Å². The van der Waals surface area contributed by atoms with Gasteiger partial charge < -0.3 is 10.4 Å². The summed E-state index contributed by atoms with van der Waals surface area (Å²) in [6.07, 6.45) is 0. The van der Waals surface area contributed by atoms with Crippen molar-refractivity contribution in [2.45, 2.75) is 0 Å². The van der Waals surface area contributed by atoms with Crippen LogP contribution in [0, 0.1) is 0 Å². The van der Waals surface area contributed by atoms with Gasteiger partial charge >= 0.3 is 5.97 Å². The maximum Gasteiger partial charge on any atom is 0.335 e. The third-order valence-electron chi connectivity index (χ3n) is 4.24. The molecular formula is C19H11N3O2S. The van der Waals surface area contributed by atoms with Crippen LogP contribution < -0.4 is 5.32 Å². The van der Waals surface area contributed by atoms with E-state index in [1.165, 1.54) is 16.7 Å². The van der Waals surface area contributed by atoms with E-state index in [1.54, 1.807) is 18.2 Å². The Hall–Kier alpha value is -3.25. The number of amidine groups is 1. The number of benzene rings is 3. The first-order valence-electron chi connectivity index (χ1n) is 7.71. The van der Waals surface area contributed by atoms with Crippen LogP contribution in [0.3, 0.4) is 0 Å². The monoisotopic (exact) mass is 345 g/mol. The molecule has 0 fully saturated rings. The number of aliphatic imine (C=N–C) groups is 1. The van der Waals surface area contributed by atoms with E-state index in [0.717, 1.165) is 32.7 Å². The highest BCUT2D eigenvalue weighted by Crippen LogP contribution is 2.35. The Labute approximate surface area is 146 Å². The van der Waals surface area contributed by atoms with Gasteiger partial charge in [-0.05, 0) is 29.7 Å². The van der Waals surface area contributed by atoms with Gasteiger partial charge in [0, 0.05) is 16.6 Å². The van der Waals surface area contributed by atoms with Crippen molar-refractivity contribution in [2.75, 3.05) is 5.32 Å². The SMILES string of the molecule is O=C(O)c1ccc2nc(/N=C3\Nc4cccc5cccc3c45)sc2c1. The molecule has 1 aromatic heterocycles. The summed E-state index contributed by atoms with van der Waals surface area (Å²) in [6, 6.07) is 17.2. The fourth-order valence-corrected chi connectivity index (χ4v) is 4.00. The predicted octanol–water partition coefficient (Wildman–Crippen LogP) is 4.65. The highest BCUT2D eigenvalue weighted by Gasteiger charge is 2.20. The maximum absolute atomic E-state index is 11.1. The highest BCUT2D eigenvalue weighted by molar-refractivity contribution is 7.22. The zero-order valence-electron chi connectivity index (χ0n) is 12.9. The van der Waals surface area contributed by atoms with Gasteiger partial charge in [-0.2, -0.15) is 0 Å². The molecule has 6 heteroatoms. The number of carboxylic acids is 1. The van der Waals surface area contributed by atoms with Crippen LogP contribution in [0.25, 0.3) is 21.0 Å². The summed E-state index contributed by atoms with van der Waals surface area (Å²) in [7, 11) is 0. The van der Waals surface area contributed by atoms with E-state index < -0.39 is 5.97 Å². The molecule has 0 saturated carbocycles. The Morgan fingerprint density at radius 1 is 1.12 bits per heavy atom. The minimum absolute atomic E-state index is 0.256. The van der Waals surface area contributed by atoms with E-state index in [2.05, 4.69) is 27.4 Å². The van der Waals surface area contributed by atoms with Crippen LogP contribution in [-0.4, -0.2) is 21.9 Å². The van der Waals surface area contributed by atoms with Crippen LogP contribution in [0.15, 0.2) is 59.6 Å². The average molecular weight is 345 g/mol. The quantitative estimate of drug-likeness (QED) is 0.554. The molecule has 0 saturated heterocycles. The molecule has 0 bridgehead atoms. The summed E-state index contributed by atoms with van der Waals surface area (Å²) in [5.41, 5.74) is 3.11. The lowest BCUT2D eigenvalue weighted by Crippen LogP contribution is -2.06. The van der Waals surface area contributed by atoms with Gasteiger partial charge in [-0.25, -0.2) is 14.8 Å². The summed E-state index contributed by atoms with van der Waals surface area (Å²) in [5.74, 6) is -0.174. The molecule has 2 N–H and O–H groups in total. The van der Waals surface area contributed by atoms with E-state index in [4.69, 9.17) is 5.11 Å². The van der Waals surface area contributed by atoms with Crippen LogP contribution in [0.2, 0.25) is 0 Å². The zero-order chi connectivity index (χ0) is 17.0. The molecular weight excluding hydrogens is 334 g/mol. The first-order chi connectivity index (χ1) is 12.2. The van der Waals surface area contributed by atoms with Gasteiger partial charge in [-0.1, -0.05) is 41.7 Å². The van der Waals surface area contributed by atoms with Crippen LogP contribution in [0.1, 0.15) is 15.9 Å². The van der Waals surface area contributed by atoms with Gasteiger partial charge in [-0.3, -0.25) is 0 Å². The second-order valence-electron chi connectivity index (χ2n) is 5.78. The Bertz CT molecular complexity index is 1200. The molecule has 0 radical (unpaired) electrons. The number of carboxylic acid groups (broad SMARTS) is 1. The summed E-state index contributed by atoms with van der Waals surface area (Å²) in [4.78, 5) is 20.3. The molecule has 2 heterocycles. The zero-order valence-corrected chi connectivity index (χ0v) is 13.7. The molecule has 5 rings (SSSR count). The molecule has 0 spiro atoms. The highest BCUT2D eigenvalue weighted by atomic mass is 32.1. The van der Waals surface area contributed by atoms with Crippen molar-refractivity contribution in [3.8, 4) is 0 Å². The number of nitrogens with one attached hydrogen (secondary N) is 1. The fraction of sp³-hybridized carbons (Fsp3) is 0. The lowest BCUT2D eigenvalue weighted by atomic mass is 10.1. The van der Waals surface area contributed by atoms with Gasteiger partial charge in [0.15, 0.2) is 0 Å². The number of carbonyl (C=O) groups is 1. The summed E-state index contributed by atoms with van der Waals surface area (Å²) in [6.45, 7) is 0. The molecule has 0 unspecified atom stereocenters. The molecule has 120 valence electrons. The topological polar surface area (TPSA) is 74.6 Å². The average Bonchev–Trinajstić information content (AvgIpc) is 3.17. The third kappa shape index (κ3) is 2.19. The van der Waals surface area contributed by atoms with Crippen LogP contribution in [0.5, 0.6) is 0 Å². The normalized spacial score (nSPS) is 14.3. The van der Waals surface area contributed by atoms with E-state index in [9.17, 15) is 4.79 Å². The Kier molecular flexibility index (Phi) is 2.89. The molecule has 0 atom stereocenters. The first kappa shape index (κ1) is 14.1. The van der Waals surface area contributed by atoms with Crippen LogP contribution in [0.4, 0.5) is 10.8 Å². The van der Waals surface area contributed by atoms with Crippen molar-refractivity contribution in [3.05, 3.63) is 65.7 Å². The Morgan fingerprint density at radius 2 is 1.96 bits per heavy atom. The summed E-state index contributed by atoms with van der Waals surface area (Å²) >= 11 is 1.38. The van der Waals surface area contributed by atoms with Crippen molar-refractivity contribution in [3.63, 3.8) is 0 Å². The van der Waals surface area contributed by atoms with Crippen LogP contribution >= 0.6 is 11.3 Å². The molecule has 1 aliphatic rings. The third-order valence-corrected chi connectivity index (χ3v) is 5.16. The van der Waals surface area contributed by atoms with Gasteiger partial charge in [0.25, 0.3) is 0 Å².